The van der Waals surface area contributed by atoms with E-state index in [9.17, 15) is 9.59 Å². The molecule has 5 nitrogen and oxygen atoms in total. The number of aromatic nitrogens is 2. The van der Waals surface area contributed by atoms with E-state index in [0.717, 1.165) is 15.4 Å². The van der Waals surface area contributed by atoms with Gasteiger partial charge in [0.2, 0.25) is 5.91 Å². The second-order valence-electron chi connectivity index (χ2n) is 6.45. The molecule has 0 atom stereocenters. The van der Waals surface area contributed by atoms with E-state index in [4.69, 9.17) is 0 Å². The largest absolute Gasteiger partial charge is 0.325 e. The lowest BCUT2D eigenvalue weighted by molar-refractivity contribution is -0.116. The average Bonchev–Trinajstić information content (AvgIpc) is 2.92. The molecule has 1 N–H and O–H groups in total. The molecule has 0 bridgehead atoms. The first-order chi connectivity index (χ1) is 11.8. The fraction of sp³-hybridized carbons (Fsp3) is 0.316. The van der Waals surface area contributed by atoms with Crippen molar-refractivity contribution in [1.82, 2.24) is 9.55 Å². The van der Waals surface area contributed by atoms with Gasteiger partial charge in [0.15, 0.2) is 0 Å². The van der Waals surface area contributed by atoms with Crippen LogP contribution in [0.2, 0.25) is 0 Å². The highest BCUT2D eigenvalue weighted by molar-refractivity contribution is 7.18. The smallest absolute Gasteiger partial charge is 0.262 e. The first-order valence-corrected chi connectivity index (χ1v) is 9.04. The van der Waals surface area contributed by atoms with Gasteiger partial charge < -0.3 is 5.32 Å². The molecule has 0 aliphatic carbocycles. The second kappa shape index (κ2) is 6.80. The maximum atomic E-state index is 12.6. The summed E-state index contributed by atoms with van der Waals surface area (Å²) in [6, 6.07) is 9.59. The number of carbonyl (C=O) groups is 1. The minimum Gasteiger partial charge on any atom is -0.325 e. The highest BCUT2D eigenvalue weighted by atomic mass is 32.1. The van der Waals surface area contributed by atoms with Crippen LogP contribution < -0.4 is 10.9 Å². The number of carbonyl (C=O) groups excluding carboxylic acids is 1. The molecule has 0 saturated heterocycles. The Morgan fingerprint density at radius 2 is 1.92 bits per heavy atom. The number of nitrogens with one attached hydrogen (secondary N) is 1. The van der Waals surface area contributed by atoms with E-state index in [2.05, 4.69) is 24.1 Å². The Hall–Kier alpha value is -2.47. The molecular formula is C19H21N3O2S. The van der Waals surface area contributed by atoms with Gasteiger partial charge >= 0.3 is 0 Å². The van der Waals surface area contributed by atoms with E-state index < -0.39 is 0 Å². The van der Waals surface area contributed by atoms with Gasteiger partial charge in [0.05, 0.1) is 5.39 Å². The minimum absolute atomic E-state index is 0.0472. The maximum Gasteiger partial charge on any atom is 0.262 e. The van der Waals surface area contributed by atoms with Gasteiger partial charge in [-0.15, -0.1) is 11.3 Å². The Morgan fingerprint density at radius 3 is 2.56 bits per heavy atom. The number of anilines is 1. The van der Waals surface area contributed by atoms with Crippen molar-refractivity contribution in [2.45, 2.75) is 40.2 Å². The number of benzene rings is 1. The highest BCUT2D eigenvalue weighted by Gasteiger charge is 2.13. The van der Waals surface area contributed by atoms with E-state index >= 15 is 0 Å². The molecule has 3 rings (SSSR count). The van der Waals surface area contributed by atoms with Crippen molar-refractivity contribution >= 4 is 33.1 Å². The number of fused-ring (bicyclic) bond motifs is 1. The Balaban J connectivity index is 1.81. The molecule has 1 aromatic carbocycles. The van der Waals surface area contributed by atoms with Crippen LogP contribution in [0.4, 0.5) is 5.69 Å². The summed E-state index contributed by atoms with van der Waals surface area (Å²) >= 11 is 1.49. The predicted molar refractivity (Wildman–Crippen MR) is 103 cm³/mol. The molecule has 0 saturated carbocycles. The summed E-state index contributed by atoms with van der Waals surface area (Å²) in [4.78, 5) is 31.2. The number of aryl methyl sites for hydroxylation is 2. The first kappa shape index (κ1) is 17.4. The van der Waals surface area contributed by atoms with Crippen molar-refractivity contribution in [3.63, 3.8) is 0 Å². The van der Waals surface area contributed by atoms with Crippen LogP contribution in [0.3, 0.4) is 0 Å². The normalized spacial score (nSPS) is 11.2. The van der Waals surface area contributed by atoms with Crippen molar-refractivity contribution in [1.29, 1.82) is 0 Å². The number of thiophene rings is 1. The van der Waals surface area contributed by atoms with Crippen LogP contribution in [-0.2, 0) is 11.3 Å². The SMILES string of the molecule is Cc1cc2c(=O)n(CC(=O)Nc3ccc(C(C)C)cc3)c(C)nc2s1. The van der Waals surface area contributed by atoms with Crippen molar-refractivity contribution in [2.24, 2.45) is 0 Å². The third kappa shape index (κ3) is 3.64. The van der Waals surface area contributed by atoms with Crippen LogP contribution in [-0.4, -0.2) is 15.5 Å². The second-order valence-corrected chi connectivity index (χ2v) is 7.69. The van der Waals surface area contributed by atoms with Crippen LogP contribution in [0.1, 0.15) is 36.0 Å². The van der Waals surface area contributed by atoms with Gasteiger partial charge in [-0.25, -0.2) is 4.98 Å². The van der Waals surface area contributed by atoms with Gasteiger partial charge in [-0.3, -0.25) is 14.2 Å². The molecule has 25 heavy (non-hydrogen) atoms. The summed E-state index contributed by atoms with van der Waals surface area (Å²) in [6.45, 7) is 7.89. The zero-order chi connectivity index (χ0) is 18.1. The number of hydrogen-bond acceptors (Lipinski definition) is 4. The standard InChI is InChI=1S/C19H21N3O2S/c1-11(2)14-5-7-15(8-6-14)21-17(23)10-22-13(4)20-18-16(19(22)24)9-12(3)25-18/h5-9,11H,10H2,1-4H3,(H,21,23). The molecule has 3 aromatic rings. The molecule has 2 heterocycles. The van der Waals surface area contributed by atoms with Crippen molar-refractivity contribution in [3.05, 3.63) is 57.0 Å². The van der Waals surface area contributed by atoms with Gasteiger partial charge in [-0.2, -0.15) is 0 Å². The minimum atomic E-state index is -0.240. The Kier molecular flexibility index (Phi) is 4.72. The van der Waals surface area contributed by atoms with E-state index in [0.29, 0.717) is 17.1 Å². The number of hydrogen-bond donors (Lipinski definition) is 1. The third-order valence-electron chi connectivity index (χ3n) is 4.13. The number of rotatable bonds is 4. The third-order valence-corrected chi connectivity index (χ3v) is 5.07. The summed E-state index contributed by atoms with van der Waals surface area (Å²) in [5.41, 5.74) is 1.77. The highest BCUT2D eigenvalue weighted by Crippen LogP contribution is 2.20. The summed E-state index contributed by atoms with van der Waals surface area (Å²) < 4.78 is 1.42. The van der Waals surface area contributed by atoms with Gasteiger partial charge in [0.1, 0.15) is 17.2 Å². The molecule has 0 unspecified atom stereocenters. The van der Waals surface area contributed by atoms with Crippen LogP contribution >= 0.6 is 11.3 Å². The van der Waals surface area contributed by atoms with Crippen molar-refractivity contribution < 1.29 is 4.79 Å². The molecule has 2 aromatic heterocycles. The van der Waals surface area contributed by atoms with Crippen LogP contribution in [0, 0.1) is 13.8 Å². The molecule has 0 aliphatic rings. The molecule has 0 radical (unpaired) electrons. The summed E-state index contributed by atoms with van der Waals surface area (Å²) in [6.07, 6.45) is 0. The zero-order valence-electron chi connectivity index (χ0n) is 14.8. The van der Waals surface area contributed by atoms with Gasteiger partial charge in [0.25, 0.3) is 5.56 Å². The van der Waals surface area contributed by atoms with E-state index in [1.54, 1.807) is 6.92 Å². The molecule has 0 aliphatic heterocycles. The summed E-state index contributed by atoms with van der Waals surface area (Å²) in [5, 5.41) is 3.41. The first-order valence-electron chi connectivity index (χ1n) is 8.22. The maximum absolute atomic E-state index is 12.6. The topological polar surface area (TPSA) is 64.0 Å². The Morgan fingerprint density at radius 1 is 1.24 bits per heavy atom. The quantitative estimate of drug-likeness (QED) is 0.773. The van der Waals surface area contributed by atoms with Gasteiger partial charge in [-0.05, 0) is 43.5 Å². The van der Waals surface area contributed by atoms with Gasteiger partial charge in [0, 0.05) is 10.6 Å². The lowest BCUT2D eigenvalue weighted by Crippen LogP contribution is -2.29. The monoisotopic (exact) mass is 355 g/mol. The zero-order valence-corrected chi connectivity index (χ0v) is 15.6. The Labute approximate surface area is 150 Å². The molecule has 1 amide bonds. The number of nitrogens with zero attached hydrogens (tertiary/aromatic N) is 2. The van der Waals surface area contributed by atoms with E-state index in [-0.39, 0.29) is 18.0 Å². The fourth-order valence-corrected chi connectivity index (χ4v) is 3.64. The molecule has 0 fully saturated rings. The predicted octanol–water partition coefficient (Wildman–Crippen LogP) is 3.84. The number of amides is 1. The van der Waals surface area contributed by atoms with Gasteiger partial charge in [-0.1, -0.05) is 26.0 Å². The van der Waals surface area contributed by atoms with Crippen LogP contribution in [0.5, 0.6) is 0 Å². The summed E-state index contributed by atoms with van der Waals surface area (Å²) in [7, 11) is 0. The van der Waals surface area contributed by atoms with Crippen molar-refractivity contribution in [3.8, 4) is 0 Å². The lowest BCUT2D eigenvalue weighted by atomic mass is 10.0. The van der Waals surface area contributed by atoms with Crippen molar-refractivity contribution in [2.75, 3.05) is 5.32 Å². The molecule has 0 spiro atoms. The average molecular weight is 355 g/mol. The Bertz CT molecular complexity index is 984. The van der Waals surface area contributed by atoms with Crippen LogP contribution in [0.15, 0.2) is 35.1 Å². The van der Waals surface area contributed by atoms with E-state index in [1.165, 1.54) is 21.5 Å². The fourth-order valence-electron chi connectivity index (χ4n) is 2.72. The molecule has 6 heteroatoms. The summed E-state index contributed by atoms with van der Waals surface area (Å²) in [5.74, 6) is 0.748. The molecule has 130 valence electrons. The lowest BCUT2D eigenvalue weighted by Gasteiger charge is -2.11. The van der Waals surface area contributed by atoms with Crippen LogP contribution in [0.25, 0.3) is 10.2 Å². The van der Waals surface area contributed by atoms with E-state index in [1.807, 2.05) is 37.3 Å². The molecular weight excluding hydrogens is 334 g/mol.